The van der Waals surface area contributed by atoms with Gasteiger partial charge < -0.3 is 0 Å². The lowest BCUT2D eigenvalue weighted by Crippen LogP contribution is -1.92. The average Bonchev–Trinajstić information content (AvgIpc) is 2.09. The summed E-state index contributed by atoms with van der Waals surface area (Å²) in [5.41, 5.74) is 2.67. The van der Waals surface area contributed by atoms with Gasteiger partial charge in [-0.15, -0.1) is 0 Å². The van der Waals surface area contributed by atoms with E-state index in [1.165, 1.54) is 5.56 Å². The Bertz CT molecular complexity index is 315. The molecule has 0 saturated heterocycles. The fourth-order valence-electron chi connectivity index (χ4n) is 0.960. The van der Waals surface area contributed by atoms with Crippen LogP contribution in [0.3, 0.4) is 0 Å². The Morgan fingerprint density at radius 2 is 2.33 bits per heavy atom. The van der Waals surface area contributed by atoms with Crippen molar-refractivity contribution in [2.75, 3.05) is 6.26 Å². The van der Waals surface area contributed by atoms with E-state index in [-0.39, 0.29) is 0 Å². The minimum absolute atomic E-state index is 0.498. The van der Waals surface area contributed by atoms with Crippen molar-refractivity contribution in [2.24, 2.45) is 0 Å². The van der Waals surface area contributed by atoms with E-state index < -0.39 is 0 Å². The van der Waals surface area contributed by atoms with Crippen LogP contribution in [0.5, 0.6) is 0 Å². The van der Waals surface area contributed by atoms with Crippen molar-refractivity contribution in [3.05, 3.63) is 29.1 Å². The van der Waals surface area contributed by atoms with Crippen LogP contribution in [-0.2, 0) is 5.75 Å². The van der Waals surface area contributed by atoms with Gasteiger partial charge in [0.25, 0.3) is 0 Å². The number of pyridine rings is 1. The summed E-state index contributed by atoms with van der Waals surface area (Å²) in [6, 6.07) is 5.75. The lowest BCUT2D eigenvalue weighted by molar-refractivity contribution is 1.11. The zero-order valence-corrected chi connectivity index (χ0v) is 7.98. The fourth-order valence-corrected chi connectivity index (χ4v) is 1.58. The highest BCUT2D eigenvalue weighted by molar-refractivity contribution is 7.97. The summed E-state index contributed by atoms with van der Waals surface area (Å²) in [7, 11) is 0. The van der Waals surface area contributed by atoms with E-state index in [1.54, 1.807) is 17.8 Å². The minimum Gasteiger partial charge on any atom is -0.242 e. The number of nitrogens with zero attached hydrogens (tertiary/aromatic N) is 2. The number of nitriles is 1. The molecule has 0 aliphatic rings. The molecule has 0 atom stereocenters. The second-order valence-corrected chi connectivity index (χ2v) is 3.35. The second kappa shape index (κ2) is 4.13. The summed E-state index contributed by atoms with van der Waals surface area (Å²) in [6.45, 7) is 1.94. The van der Waals surface area contributed by atoms with Crippen molar-refractivity contribution in [3.8, 4) is 6.07 Å². The van der Waals surface area contributed by atoms with Gasteiger partial charge in [-0.2, -0.15) is 17.0 Å². The van der Waals surface area contributed by atoms with Crippen molar-refractivity contribution >= 4 is 11.8 Å². The van der Waals surface area contributed by atoms with Crippen LogP contribution in [0.2, 0.25) is 0 Å². The molecule has 0 aromatic carbocycles. The number of hydrogen-bond donors (Lipinski definition) is 0. The highest BCUT2D eigenvalue weighted by Gasteiger charge is 1.99. The van der Waals surface area contributed by atoms with Gasteiger partial charge >= 0.3 is 0 Å². The summed E-state index contributed by atoms with van der Waals surface area (Å²) in [5, 5.41) is 8.57. The van der Waals surface area contributed by atoms with Gasteiger partial charge in [-0.1, -0.05) is 6.07 Å². The SMILES string of the molecule is CSCc1ccc(C#N)nc1C. The Kier molecular flexibility index (Phi) is 3.12. The van der Waals surface area contributed by atoms with E-state index in [1.807, 2.05) is 19.1 Å². The van der Waals surface area contributed by atoms with Gasteiger partial charge in [0.2, 0.25) is 0 Å². The standard InChI is InChI=1S/C9H10N2S/c1-7-8(6-12-2)3-4-9(5-10)11-7/h3-4H,6H2,1-2H3. The molecule has 0 unspecified atom stereocenters. The van der Waals surface area contributed by atoms with E-state index in [4.69, 9.17) is 5.26 Å². The van der Waals surface area contributed by atoms with Crippen LogP contribution >= 0.6 is 11.8 Å². The Labute approximate surface area is 76.6 Å². The molecule has 0 fully saturated rings. The van der Waals surface area contributed by atoms with E-state index in [9.17, 15) is 0 Å². The highest BCUT2D eigenvalue weighted by Crippen LogP contribution is 2.12. The van der Waals surface area contributed by atoms with E-state index in [0.29, 0.717) is 5.69 Å². The van der Waals surface area contributed by atoms with Crippen LogP contribution < -0.4 is 0 Å². The van der Waals surface area contributed by atoms with Gasteiger partial charge in [-0.3, -0.25) is 0 Å². The molecule has 0 radical (unpaired) electrons. The van der Waals surface area contributed by atoms with Crippen LogP contribution in [0.4, 0.5) is 0 Å². The third-order valence-electron chi connectivity index (χ3n) is 1.61. The van der Waals surface area contributed by atoms with Crippen molar-refractivity contribution < 1.29 is 0 Å². The summed E-state index contributed by atoms with van der Waals surface area (Å²) >= 11 is 1.76. The van der Waals surface area contributed by atoms with Gasteiger partial charge in [-0.05, 0) is 24.8 Å². The van der Waals surface area contributed by atoms with Gasteiger partial charge in [0.1, 0.15) is 11.8 Å². The molecule has 0 N–H and O–H groups in total. The minimum atomic E-state index is 0.498. The van der Waals surface area contributed by atoms with Gasteiger partial charge in [0.15, 0.2) is 0 Å². The van der Waals surface area contributed by atoms with Crippen LogP contribution in [0.15, 0.2) is 12.1 Å². The third-order valence-corrected chi connectivity index (χ3v) is 2.21. The zero-order valence-electron chi connectivity index (χ0n) is 7.16. The molecule has 0 bridgehead atoms. The number of hydrogen-bond acceptors (Lipinski definition) is 3. The maximum Gasteiger partial charge on any atom is 0.140 e. The van der Waals surface area contributed by atoms with Crippen LogP contribution in [-0.4, -0.2) is 11.2 Å². The Balaban J connectivity index is 2.97. The first-order chi connectivity index (χ1) is 5.77. The van der Waals surface area contributed by atoms with Gasteiger partial charge in [-0.25, -0.2) is 4.98 Å². The normalized spacial score (nSPS) is 9.42. The lowest BCUT2D eigenvalue weighted by atomic mass is 10.2. The number of aromatic nitrogens is 1. The first kappa shape index (κ1) is 9.08. The Morgan fingerprint density at radius 3 is 2.83 bits per heavy atom. The lowest BCUT2D eigenvalue weighted by Gasteiger charge is -2.01. The van der Waals surface area contributed by atoms with E-state index >= 15 is 0 Å². The molecule has 0 spiro atoms. The summed E-state index contributed by atoms with van der Waals surface area (Å²) in [6.07, 6.45) is 2.05. The number of aryl methyl sites for hydroxylation is 1. The molecule has 1 rings (SSSR count). The van der Waals surface area contributed by atoms with Crippen molar-refractivity contribution in [1.82, 2.24) is 4.98 Å². The Morgan fingerprint density at radius 1 is 1.58 bits per heavy atom. The molecule has 2 nitrogen and oxygen atoms in total. The monoisotopic (exact) mass is 178 g/mol. The number of rotatable bonds is 2. The topological polar surface area (TPSA) is 36.7 Å². The van der Waals surface area contributed by atoms with Crippen molar-refractivity contribution in [1.29, 1.82) is 5.26 Å². The van der Waals surface area contributed by atoms with Crippen molar-refractivity contribution in [3.63, 3.8) is 0 Å². The maximum absolute atomic E-state index is 8.57. The van der Waals surface area contributed by atoms with Crippen LogP contribution in [0, 0.1) is 18.3 Å². The predicted molar refractivity (Wildman–Crippen MR) is 50.9 cm³/mol. The summed E-state index contributed by atoms with van der Waals surface area (Å²) < 4.78 is 0. The molecule has 3 heteroatoms. The first-order valence-corrected chi connectivity index (χ1v) is 5.03. The predicted octanol–water partition coefficient (Wildman–Crippen LogP) is 2.12. The third kappa shape index (κ3) is 1.99. The van der Waals surface area contributed by atoms with Gasteiger partial charge in [0.05, 0.1) is 0 Å². The molecule has 1 aromatic rings. The molecule has 0 saturated carbocycles. The molecule has 0 aliphatic heterocycles. The zero-order chi connectivity index (χ0) is 8.97. The molecule has 1 heterocycles. The first-order valence-electron chi connectivity index (χ1n) is 3.63. The molecule has 0 aliphatic carbocycles. The average molecular weight is 178 g/mol. The smallest absolute Gasteiger partial charge is 0.140 e. The molecule has 0 amide bonds. The van der Waals surface area contributed by atoms with Crippen molar-refractivity contribution in [2.45, 2.75) is 12.7 Å². The highest BCUT2D eigenvalue weighted by atomic mass is 32.2. The molecule has 1 aromatic heterocycles. The molecular weight excluding hydrogens is 168 g/mol. The van der Waals surface area contributed by atoms with Crippen LogP contribution in [0.1, 0.15) is 17.0 Å². The maximum atomic E-state index is 8.57. The molecular formula is C9H10N2S. The quantitative estimate of drug-likeness (QED) is 0.696. The van der Waals surface area contributed by atoms with Gasteiger partial charge in [0, 0.05) is 11.4 Å². The molecule has 62 valence electrons. The largest absolute Gasteiger partial charge is 0.242 e. The van der Waals surface area contributed by atoms with E-state index in [0.717, 1.165) is 11.4 Å². The fraction of sp³-hybridized carbons (Fsp3) is 0.333. The summed E-state index contributed by atoms with van der Waals surface area (Å²) in [4.78, 5) is 4.14. The molecule has 12 heavy (non-hydrogen) atoms. The van der Waals surface area contributed by atoms with E-state index in [2.05, 4.69) is 11.2 Å². The number of thioether (sulfide) groups is 1. The Hall–Kier alpha value is -1.01. The second-order valence-electron chi connectivity index (χ2n) is 2.49. The van der Waals surface area contributed by atoms with Crippen LogP contribution in [0.25, 0.3) is 0 Å². The summed E-state index contributed by atoms with van der Waals surface area (Å²) in [5.74, 6) is 0.963.